The molecule has 0 bridgehead atoms. The highest BCUT2D eigenvalue weighted by molar-refractivity contribution is 7.99. The van der Waals surface area contributed by atoms with Gasteiger partial charge in [-0.05, 0) is 37.8 Å². The van der Waals surface area contributed by atoms with Crippen molar-refractivity contribution in [2.45, 2.75) is 50.2 Å². The van der Waals surface area contributed by atoms with Gasteiger partial charge in [0.1, 0.15) is 0 Å². The number of nitrogens with one attached hydrogen (secondary N) is 1. The maximum atomic E-state index is 13.0. The molecular formula is C21H29N3O3S. The van der Waals surface area contributed by atoms with Crippen LogP contribution in [0.25, 0.3) is 10.9 Å². The van der Waals surface area contributed by atoms with Gasteiger partial charge in [-0.2, -0.15) is 0 Å². The first-order valence-corrected chi connectivity index (χ1v) is 11.0. The molecule has 1 unspecified atom stereocenters. The summed E-state index contributed by atoms with van der Waals surface area (Å²) in [5.41, 5.74) is 0.554. The van der Waals surface area contributed by atoms with Crippen LogP contribution in [0, 0.1) is 5.92 Å². The van der Waals surface area contributed by atoms with Crippen molar-refractivity contribution in [1.82, 2.24) is 14.9 Å². The first-order valence-electron chi connectivity index (χ1n) is 10.00. The van der Waals surface area contributed by atoms with Crippen molar-refractivity contribution in [3.05, 3.63) is 34.6 Å². The molecule has 1 heterocycles. The van der Waals surface area contributed by atoms with Crippen LogP contribution in [0.15, 0.2) is 34.2 Å². The highest BCUT2D eigenvalue weighted by Gasteiger charge is 2.18. The standard InChI is InChI=1S/C21H29N3O3S/c1-15(13-27-2)24-20(26)17-10-6-7-11-18(17)23-21(24)28-14-19(25)22-12-16-8-4-3-5-9-16/h6-7,10-11,15-16H,3-5,8-9,12-14H2,1-2H3,(H,22,25). The number of para-hydroxylation sites is 1. The number of carbonyl (C=O) groups is 1. The lowest BCUT2D eigenvalue weighted by Gasteiger charge is -2.22. The van der Waals surface area contributed by atoms with Gasteiger partial charge in [-0.1, -0.05) is 43.2 Å². The quantitative estimate of drug-likeness (QED) is 0.540. The minimum Gasteiger partial charge on any atom is -0.383 e. The molecule has 1 aliphatic carbocycles. The van der Waals surface area contributed by atoms with Crippen molar-refractivity contribution in [1.29, 1.82) is 0 Å². The fourth-order valence-electron chi connectivity index (χ4n) is 3.76. The summed E-state index contributed by atoms with van der Waals surface area (Å²) >= 11 is 1.31. The molecule has 0 aliphatic heterocycles. The SMILES string of the molecule is COCC(C)n1c(SCC(=O)NCC2CCCCC2)nc2ccccc2c1=O. The van der Waals surface area contributed by atoms with Gasteiger partial charge in [-0.25, -0.2) is 4.98 Å². The zero-order chi connectivity index (χ0) is 19.9. The van der Waals surface area contributed by atoms with Crippen LogP contribution < -0.4 is 10.9 Å². The van der Waals surface area contributed by atoms with Gasteiger partial charge < -0.3 is 10.1 Å². The third-order valence-corrected chi connectivity index (χ3v) is 6.22. The Labute approximate surface area is 170 Å². The molecule has 1 amide bonds. The number of fused-ring (bicyclic) bond motifs is 1. The lowest BCUT2D eigenvalue weighted by atomic mass is 9.89. The van der Waals surface area contributed by atoms with Gasteiger partial charge in [0.05, 0.1) is 29.3 Å². The molecule has 3 rings (SSSR count). The third-order valence-electron chi connectivity index (χ3n) is 5.27. The van der Waals surface area contributed by atoms with Crippen molar-refractivity contribution in [3.63, 3.8) is 0 Å². The van der Waals surface area contributed by atoms with E-state index in [1.165, 1.54) is 43.9 Å². The van der Waals surface area contributed by atoms with Gasteiger partial charge in [0, 0.05) is 13.7 Å². The zero-order valence-electron chi connectivity index (χ0n) is 16.6. The maximum Gasteiger partial charge on any atom is 0.262 e. The molecule has 1 aromatic heterocycles. The minimum absolute atomic E-state index is 0.0103. The molecule has 1 fully saturated rings. The largest absolute Gasteiger partial charge is 0.383 e. The second-order valence-corrected chi connectivity index (χ2v) is 8.43. The van der Waals surface area contributed by atoms with Crippen LogP contribution in [-0.4, -0.2) is 41.5 Å². The number of thioether (sulfide) groups is 1. The molecule has 1 aromatic carbocycles. The van der Waals surface area contributed by atoms with Gasteiger partial charge in [0.15, 0.2) is 5.16 Å². The van der Waals surface area contributed by atoms with Gasteiger partial charge in [-0.3, -0.25) is 14.2 Å². The van der Waals surface area contributed by atoms with Crippen LogP contribution in [0.3, 0.4) is 0 Å². The lowest BCUT2D eigenvalue weighted by Crippen LogP contribution is -2.32. The average molecular weight is 404 g/mol. The lowest BCUT2D eigenvalue weighted by molar-refractivity contribution is -0.118. The van der Waals surface area contributed by atoms with Crippen molar-refractivity contribution >= 4 is 28.6 Å². The van der Waals surface area contributed by atoms with Crippen LogP contribution >= 0.6 is 11.8 Å². The van der Waals surface area contributed by atoms with E-state index in [0.717, 1.165) is 6.54 Å². The average Bonchev–Trinajstić information content (AvgIpc) is 2.71. The number of rotatable bonds is 8. The molecule has 1 atom stereocenters. The van der Waals surface area contributed by atoms with E-state index in [0.29, 0.717) is 28.6 Å². The summed E-state index contributed by atoms with van der Waals surface area (Å²) in [6.45, 7) is 3.08. The second-order valence-electron chi connectivity index (χ2n) is 7.49. The summed E-state index contributed by atoms with van der Waals surface area (Å²) < 4.78 is 6.88. The topological polar surface area (TPSA) is 73.2 Å². The van der Waals surface area contributed by atoms with Gasteiger partial charge in [-0.15, -0.1) is 0 Å². The van der Waals surface area contributed by atoms with Crippen LogP contribution in [0.4, 0.5) is 0 Å². The Morgan fingerprint density at radius 1 is 1.32 bits per heavy atom. The third kappa shape index (κ3) is 5.14. The van der Waals surface area contributed by atoms with E-state index < -0.39 is 0 Å². The molecule has 0 spiro atoms. The van der Waals surface area contributed by atoms with Crippen molar-refractivity contribution in [3.8, 4) is 0 Å². The molecule has 1 saturated carbocycles. The molecular weight excluding hydrogens is 374 g/mol. The van der Waals surface area contributed by atoms with Crippen molar-refractivity contribution in [2.24, 2.45) is 5.92 Å². The highest BCUT2D eigenvalue weighted by atomic mass is 32.2. The molecule has 7 heteroatoms. The smallest absolute Gasteiger partial charge is 0.262 e. The van der Waals surface area contributed by atoms with Gasteiger partial charge in [0.2, 0.25) is 5.91 Å². The van der Waals surface area contributed by atoms with Crippen LogP contribution in [0.5, 0.6) is 0 Å². The summed E-state index contributed by atoms with van der Waals surface area (Å²) in [7, 11) is 1.61. The highest BCUT2D eigenvalue weighted by Crippen LogP contribution is 2.23. The van der Waals surface area contributed by atoms with E-state index >= 15 is 0 Å². The number of ether oxygens (including phenoxy) is 1. The van der Waals surface area contributed by atoms with Crippen LogP contribution in [-0.2, 0) is 9.53 Å². The summed E-state index contributed by atoms with van der Waals surface area (Å²) in [6.07, 6.45) is 6.24. The monoisotopic (exact) mass is 403 g/mol. The number of methoxy groups -OCH3 is 1. The zero-order valence-corrected chi connectivity index (χ0v) is 17.5. The number of nitrogens with zero attached hydrogens (tertiary/aromatic N) is 2. The van der Waals surface area contributed by atoms with Crippen molar-refractivity contribution < 1.29 is 9.53 Å². The summed E-state index contributed by atoms with van der Waals surface area (Å²) in [4.78, 5) is 30.0. The fraction of sp³-hybridized carbons (Fsp3) is 0.571. The van der Waals surface area contributed by atoms with Gasteiger partial charge >= 0.3 is 0 Å². The molecule has 2 aromatic rings. The number of aromatic nitrogens is 2. The van der Waals surface area contributed by atoms with E-state index in [1.807, 2.05) is 25.1 Å². The van der Waals surface area contributed by atoms with Crippen molar-refractivity contribution in [2.75, 3.05) is 26.0 Å². The van der Waals surface area contributed by atoms with Crippen LogP contribution in [0.1, 0.15) is 45.1 Å². The Morgan fingerprint density at radius 2 is 2.07 bits per heavy atom. The van der Waals surface area contributed by atoms with E-state index in [2.05, 4.69) is 10.3 Å². The number of hydrogen-bond acceptors (Lipinski definition) is 5. The van der Waals surface area contributed by atoms with E-state index in [4.69, 9.17) is 4.74 Å². The Balaban J connectivity index is 1.72. The summed E-state index contributed by atoms with van der Waals surface area (Å²) in [6, 6.07) is 7.15. The molecule has 1 N–H and O–H groups in total. The number of carbonyl (C=O) groups excluding carboxylic acids is 1. The molecule has 1 aliphatic rings. The Hall–Kier alpha value is -1.86. The van der Waals surface area contributed by atoms with Gasteiger partial charge in [0.25, 0.3) is 5.56 Å². The molecule has 152 valence electrons. The Kier molecular flexibility index (Phi) is 7.50. The van der Waals surface area contributed by atoms with E-state index in [1.54, 1.807) is 17.7 Å². The Bertz CT molecular complexity index is 862. The molecule has 0 saturated heterocycles. The number of benzene rings is 1. The van der Waals surface area contributed by atoms with E-state index in [9.17, 15) is 9.59 Å². The minimum atomic E-state index is -0.164. The number of amides is 1. The number of hydrogen-bond donors (Lipinski definition) is 1. The van der Waals surface area contributed by atoms with E-state index in [-0.39, 0.29) is 23.3 Å². The molecule has 6 nitrogen and oxygen atoms in total. The predicted octanol–water partition coefficient (Wildman–Crippen LogP) is 3.39. The maximum absolute atomic E-state index is 13.0. The normalized spacial score (nSPS) is 16.2. The Morgan fingerprint density at radius 3 is 2.82 bits per heavy atom. The summed E-state index contributed by atoms with van der Waals surface area (Å²) in [5.74, 6) is 0.835. The van der Waals surface area contributed by atoms with Crippen LogP contribution in [0.2, 0.25) is 0 Å². The molecule has 0 radical (unpaired) electrons. The predicted molar refractivity (Wildman–Crippen MR) is 113 cm³/mol. The molecule has 28 heavy (non-hydrogen) atoms. The first-order chi connectivity index (χ1) is 13.6. The second kappa shape index (κ2) is 10.1. The first kappa shape index (κ1) is 20.9. The summed E-state index contributed by atoms with van der Waals surface area (Å²) in [5, 5.41) is 4.19. The fourth-order valence-corrected chi connectivity index (χ4v) is 4.69.